The van der Waals surface area contributed by atoms with Crippen LogP contribution in [0.5, 0.6) is 0 Å². The van der Waals surface area contributed by atoms with Crippen molar-refractivity contribution in [2.75, 3.05) is 26.7 Å². The first-order valence-corrected chi connectivity index (χ1v) is 4.77. The molecule has 1 rings (SSSR count). The molecule has 0 aromatic heterocycles. The average molecular weight is 227 g/mol. The van der Waals surface area contributed by atoms with Crippen LogP contribution >= 0.6 is 0 Å². The number of nitrogens with zero attached hydrogens (tertiary/aromatic N) is 2. The van der Waals surface area contributed by atoms with Crippen molar-refractivity contribution in [3.63, 3.8) is 0 Å². The summed E-state index contributed by atoms with van der Waals surface area (Å²) in [5.74, 6) is -1.81. The second-order valence-electron chi connectivity index (χ2n) is 3.54. The van der Waals surface area contributed by atoms with E-state index in [-0.39, 0.29) is 18.9 Å². The third kappa shape index (κ3) is 2.56. The largest absolute Gasteiger partial charge is 0.336 e. The van der Waals surface area contributed by atoms with Gasteiger partial charge in [-0.2, -0.15) is 0 Å². The summed E-state index contributed by atoms with van der Waals surface area (Å²) in [6.45, 7) is 1.62. The van der Waals surface area contributed by atoms with Crippen molar-refractivity contribution in [2.45, 2.75) is 6.92 Å². The standard InChI is InChI=1S/C9H13N3O4/c1-6(13)5-10-9(16)12-4-3-11(2)7(14)8(12)15/h3-5H2,1-2H3,(H,10,16). The van der Waals surface area contributed by atoms with Gasteiger partial charge in [-0.3, -0.25) is 19.3 Å². The molecule has 0 aromatic rings. The van der Waals surface area contributed by atoms with Gasteiger partial charge in [0, 0.05) is 20.1 Å². The zero-order chi connectivity index (χ0) is 12.3. The van der Waals surface area contributed by atoms with Gasteiger partial charge >= 0.3 is 17.8 Å². The minimum absolute atomic E-state index is 0.144. The highest BCUT2D eigenvalue weighted by atomic mass is 16.2. The molecule has 1 fully saturated rings. The predicted molar refractivity (Wildman–Crippen MR) is 53.4 cm³/mol. The molecule has 1 saturated heterocycles. The van der Waals surface area contributed by atoms with E-state index in [1.54, 1.807) is 0 Å². The number of hydrogen-bond acceptors (Lipinski definition) is 4. The Hall–Kier alpha value is -1.92. The zero-order valence-electron chi connectivity index (χ0n) is 9.15. The van der Waals surface area contributed by atoms with Crippen molar-refractivity contribution in [3.8, 4) is 0 Å². The van der Waals surface area contributed by atoms with Crippen molar-refractivity contribution in [1.82, 2.24) is 15.1 Å². The van der Waals surface area contributed by atoms with E-state index in [2.05, 4.69) is 5.32 Å². The number of piperazine rings is 1. The molecule has 7 heteroatoms. The number of carbonyl (C=O) groups is 4. The summed E-state index contributed by atoms with van der Waals surface area (Å²) >= 11 is 0. The van der Waals surface area contributed by atoms with E-state index in [4.69, 9.17) is 0 Å². The Labute approximate surface area is 92.4 Å². The minimum atomic E-state index is -0.866. The minimum Gasteiger partial charge on any atom is -0.336 e. The summed E-state index contributed by atoms with van der Waals surface area (Å²) in [5, 5.41) is 2.26. The maximum Gasteiger partial charge on any atom is 0.324 e. The van der Waals surface area contributed by atoms with Crippen LogP contribution in [0.1, 0.15) is 6.92 Å². The molecule has 4 amide bonds. The van der Waals surface area contributed by atoms with E-state index in [9.17, 15) is 19.2 Å². The molecule has 1 heterocycles. The van der Waals surface area contributed by atoms with E-state index in [0.717, 1.165) is 4.90 Å². The molecular weight excluding hydrogens is 214 g/mol. The molecule has 0 aliphatic carbocycles. The lowest BCUT2D eigenvalue weighted by atomic mass is 10.3. The quantitative estimate of drug-likeness (QED) is 0.587. The van der Waals surface area contributed by atoms with E-state index >= 15 is 0 Å². The molecule has 1 N–H and O–H groups in total. The fraction of sp³-hybridized carbons (Fsp3) is 0.556. The highest BCUT2D eigenvalue weighted by Gasteiger charge is 2.34. The van der Waals surface area contributed by atoms with Gasteiger partial charge in [0.2, 0.25) is 0 Å². The van der Waals surface area contributed by atoms with Crippen molar-refractivity contribution in [2.24, 2.45) is 0 Å². The van der Waals surface area contributed by atoms with Crippen LogP contribution in [0.3, 0.4) is 0 Å². The van der Waals surface area contributed by atoms with E-state index < -0.39 is 17.8 Å². The molecule has 1 aliphatic rings. The van der Waals surface area contributed by atoms with E-state index in [1.165, 1.54) is 18.9 Å². The lowest BCUT2D eigenvalue weighted by Crippen LogP contribution is -2.57. The molecule has 0 bridgehead atoms. The van der Waals surface area contributed by atoms with Gasteiger partial charge in [-0.25, -0.2) is 4.79 Å². The number of rotatable bonds is 2. The number of likely N-dealkylation sites (N-methyl/N-ethyl adjacent to an activating group) is 1. The van der Waals surface area contributed by atoms with Crippen LogP contribution in [-0.2, 0) is 14.4 Å². The predicted octanol–water partition coefficient (Wildman–Crippen LogP) is -1.41. The van der Waals surface area contributed by atoms with E-state index in [0.29, 0.717) is 6.54 Å². The number of ketones is 1. The van der Waals surface area contributed by atoms with Gasteiger partial charge in [0.1, 0.15) is 5.78 Å². The summed E-state index contributed by atoms with van der Waals surface area (Å²) in [6.07, 6.45) is 0. The normalized spacial score (nSPS) is 16.4. The number of nitrogens with one attached hydrogen (secondary N) is 1. The topological polar surface area (TPSA) is 86.8 Å². The maximum atomic E-state index is 11.4. The molecule has 0 saturated carbocycles. The lowest BCUT2D eigenvalue weighted by Gasteiger charge is -2.29. The highest BCUT2D eigenvalue weighted by Crippen LogP contribution is 2.02. The van der Waals surface area contributed by atoms with Crippen LogP contribution in [0, 0.1) is 0 Å². The third-order valence-electron chi connectivity index (χ3n) is 2.17. The number of imide groups is 1. The fourth-order valence-corrected chi connectivity index (χ4v) is 1.22. The first-order chi connectivity index (χ1) is 7.43. The summed E-state index contributed by atoms with van der Waals surface area (Å²) in [7, 11) is 1.49. The summed E-state index contributed by atoms with van der Waals surface area (Å²) in [6, 6.07) is -0.707. The van der Waals surface area contributed by atoms with Crippen LogP contribution in [0.25, 0.3) is 0 Å². The van der Waals surface area contributed by atoms with Gasteiger partial charge in [-0.15, -0.1) is 0 Å². The molecule has 1 aliphatic heterocycles. The molecule has 16 heavy (non-hydrogen) atoms. The molecule has 7 nitrogen and oxygen atoms in total. The van der Waals surface area contributed by atoms with Gasteiger partial charge in [-0.05, 0) is 6.92 Å². The number of amides is 4. The number of urea groups is 1. The SMILES string of the molecule is CC(=O)CNC(=O)N1CCN(C)C(=O)C1=O. The molecule has 0 spiro atoms. The monoisotopic (exact) mass is 227 g/mol. The first kappa shape index (κ1) is 12.2. The second-order valence-corrected chi connectivity index (χ2v) is 3.54. The average Bonchev–Trinajstić information content (AvgIpc) is 2.23. The van der Waals surface area contributed by atoms with Crippen molar-refractivity contribution >= 4 is 23.6 Å². The highest BCUT2D eigenvalue weighted by molar-refractivity contribution is 6.38. The Morgan fingerprint density at radius 3 is 2.44 bits per heavy atom. The summed E-state index contributed by atoms with van der Waals surface area (Å²) in [4.78, 5) is 46.8. The number of carbonyl (C=O) groups excluding carboxylic acids is 4. The third-order valence-corrected chi connectivity index (χ3v) is 2.17. The zero-order valence-corrected chi connectivity index (χ0v) is 9.15. The van der Waals surface area contributed by atoms with Crippen LogP contribution in [0.4, 0.5) is 4.79 Å². The number of Topliss-reactive ketones (excluding diaryl/α,β-unsaturated/α-hetero) is 1. The van der Waals surface area contributed by atoms with Crippen LogP contribution in [-0.4, -0.2) is 60.1 Å². The Bertz CT molecular complexity index is 353. The molecule has 88 valence electrons. The van der Waals surface area contributed by atoms with Gasteiger partial charge in [0.05, 0.1) is 6.54 Å². The maximum absolute atomic E-state index is 11.4. The first-order valence-electron chi connectivity index (χ1n) is 4.77. The summed E-state index contributed by atoms with van der Waals surface area (Å²) in [5.41, 5.74) is 0. The van der Waals surface area contributed by atoms with Gasteiger partial charge in [0.25, 0.3) is 0 Å². The molecule has 0 atom stereocenters. The Balaban J connectivity index is 2.60. The molecular formula is C9H13N3O4. The van der Waals surface area contributed by atoms with Gasteiger partial charge in [-0.1, -0.05) is 0 Å². The lowest BCUT2D eigenvalue weighted by molar-refractivity contribution is -0.152. The number of hydrogen-bond donors (Lipinski definition) is 1. The van der Waals surface area contributed by atoms with E-state index in [1.807, 2.05) is 0 Å². The van der Waals surface area contributed by atoms with Crippen LogP contribution < -0.4 is 5.32 Å². The Morgan fingerprint density at radius 2 is 1.88 bits per heavy atom. The van der Waals surface area contributed by atoms with Crippen LogP contribution in [0.2, 0.25) is 0 Å². The van der Waals surface area contributed by atoms with Crippen LogP contribution in [0.15, 0.2) is 0 Å². The van der Waals surface area contributed by atoms with Gasteiger partial charge in [0.15, 0.2) is 0 Å². The van der Waals surface area contributed by atoms with Crippen molar-refractivity contribution in [1.29, 1.82) is 0 Å². The molecule has 0 radical (unpaired) electrons. The fourth-order valence-electron chi connectivity index (χ4n) is 1.22. The summed E-state index contributed by atoms with van der Waals surface area (Å²) < 4.78 is 0. The Morgan fingerprint density at radius 1 is 1.25 bits per heavy atom. The van der Waals surface area contributed by atoms with Gasteiger partial charge < -0.3 is 10.2 Å². The smallest absolute Gasteiger partial charge is 0.324 e. The second kappa shape index (κ2) is 4.73. The molecule has 0 aromatic carbocycles. The van der Waals surface area contributed by atoms with Crippen molar-refractivity contribution in [3.05, 3.63) is 0 Å². The van der Waals surface area contributed by atoms with Crippen molar-refractivity contribution < 1.29 is 19.2 Å². The Kier molecular flexibility index (Phi) is 3.60. The molecule has 0 unspecified atom stereocenters.